The predicted octanol–water partition coefficient (Wildman–Crippen LogP) is 3.77. The number of rotatable bonds is 7. The molecule has 0 spiro atoms. The summed E-state index contributed by atoms with van der Waals surface area (Å²) in [6.07, 6.45) is 1.03. The third kappa shape index (κ3) is 6.46. The Hall–Kier alpha value is -1.67. The summed E-state index contributed by atoms with van der Waals surface area (Å²) in [6.45, 7) is 1.35. The Morgan fingerprint density at radius 3 is 2.33 bits per heavy atom. The fourth-order valence-corrected chi connectivity index (χ4v) is 3.47. The molecule has 1 N–H and O–H groups in total. The Balaban J connectivity index is 2.07. The van der Waals surface area contributed by atoms with Crippen LogP contribution in [0.3, 0.4) is 0 Å². The summed E-state index contributed by atoms with van der Waals surface area (Å²) in [5.41, 5.74) is 1.31. The largest absolute Gasteiger partial charge is 0.348 e. The molecule has 0 bridgehead atoms. The van der Waals surface area contributed by atoms with Crippen molar-refractivity contribution in [2.75, 3.05) is 12.8 Å². The molecule has 0 aliphatic rings. The van der Waals surface area contributed by atoms with Gasteiger partial charge >= 0.3 is 0 Å². The number of nitrogens with zero attached hydrogens (tertiary/aromatic N) is 1. The molecule has 2 aromatic rings. The summed E-state index contributed by atoms with van der Waals surface area (Å²) >= 11 is 11.8. The fourth-order valence-electron chi connectivity index (χ4n) is 2.41. The molecule has 1 amide bonds. The summed E-state index contributed by atoms with van der Waals surface area (Å²) in [6, 6.07) is 10.1. The zero-order valence-electron chi connectivity index (χ0n) is 14.7. The van der Waals surface area contributed by atoms with Gasteiger partial charge in [-0.05, 0) is 42.3 Å². The molecule has 27 heavy (non-hydrogen) atoms. The van der Waals surface area contributed by atoms with Gasteiger partial charge in [-0.1, -0.05) is 41.4 Å². The SMILES string of the molecule is C[C@H](NC(=O)CN(Cc1ccc(Cl)c(Cl)c1)S(C)(=O)=O)c1ccc(F)cc1. The van der Waals surface area contributed by atoms with Crippen LogP contribution in [0.15, 0.2) is 42.5 Å². The van der Waals surface area contributed by atoms with Crippen molar-refractivity contribution < 1.29 is 17.6 Å². The maximum atomic E-state index is 13.0. The maximum absolute atomic E-state index is 13.0. The highest BCUT2D eigenvalue weighted by molar-refractivity contribution is 7.88. The Labute approximate surface area is 168 Å². The van der Waals surface area contributed by atoms with Crippen LogP contribution in [-0.4, -0.2) is 31.4 Å². The molecule has 0 saturated heterocycles. The first-order chi connectivity index (χ1) is 12.6. The van der Waals surface area contributed by atoms with Gasteiger partial charge in [-0.3, -0.25) is 4.79 Å². The number of sulfonamides is 1. The molecule has 1 atom stereocenters. The fraction of sp³-hybridized carbons (Fsp3) is 0.278. The Kier molecular flexibility index (Phi) is 7.22. The zero-order chi connectivity index (χ0) is 20.2. The van der Waals surface area contributed by atoms with Crippen LogP contribution in [0.2, 0.25) is 10.0 Å². The number of nitrogens with one attached hydrogen (secondary N) is 1. The smallest absolute Gasteiger partial charge is 0.235 e. The third-order valence-electron chi connectivity index (χ3n) is 3.88. The van der Waals surface area contributed by atoms with Gasteiger partial charge in [0, 0.05) is 6.54 Å². The number of hydrogen-bond acceptors (Lipinski definition) is 3. The van der Waals surface area contributed by atoms with Crippen LogP contribution in [0.5, 0.6) is 0 Å². The molecule has 0 saturated carbocycles. The van der Waals surface area contributed by atoms with Crippen molar-refractivity contribution >= 4 is 39.1 Å². The molecule has 146 valence electrons. The van der Waals surface area contributed by atoms with E-state index in [0.717, 1.165) is 10.6 Å². The van der Waals surface area contributed by atoms with Gasteiger partial charge in [-0.25, -0.2) is 12.8 Å². The number of carbonyl (C=O) groups is 1. The van der Waals surface area contributed by atoms with Gasteiger partial charge in [0.25, 0.3) is 0 Å². The predicted molar refractivity (Wildman–Crippen MR) is 105 cm³/mol. The maximum Gasteiger partial charge on any atom is 0.235 e. The van der Waals surface area contributed by atoms with E-state index in [-0.39, 0.29) is 18.9 Å². The van der Waals surface area contributed by atoms with Crippen LogP contribution in [-0.2, 0) is 21.4 Å². The lowest BCUT2D eigenvalue weighted by Crippen LogP contribution is -2.40. The van der Waals surface area contributed by atoms with E-state index < -0.39 is 22.0 Å². The Morgan fingerprint density at radius 2 is 1.78 bits per heavy atom. The molecule has 0 aliphatic heterocycles. The molecule has 9 heteroatoms. The molecule has 5 nitrogen and oxygen atoms in total. The summed E-state index contributed by atoms with van der Waals surface area (Å²) in [5, 5.41) is 3.37. The van der Waals surface area contributed by atoms with Crippen LogP contribution in [0.4, 0.5) is 4.39 Å². The topological polar surface area (TPSA) is 66.5 Å². The van der Waals surface area contributed by atoms with Crippen LogP contribution in [0, 0.1) is 5.82 Å². The second-order valence-electron chi connectivity index (χ2n) is 6.12. The minimum atomic E-state index is -3.64. The van der Waals surface area contributed by atoms with E-state index >= 15 is 0 Å². The standard InChI is InChI=1S/C18H19Cl2FN2O3S/c1-12(14-4-6-15(21)7-5-14)22-18(24)11-23(27(2,25)26)10-13-3-8-16(19)17(20)9-13/h3-9,12H,10-11H2,1-2H3,(H,22,24)/t12-/m0/s1. The Bertz CT molecular complexity index is 921. The average Bonchev–Trinajstić information content (AvgIpc) is 2.57. The van der Waals surface area contributed by atoms with Crippen LogP contribution < -0.4 is 5.32 Å². The molecule has 0 fully saturated rings. The second-order valence-corrected chi connectivity index (χ2v) is 8.92. The minimum Gasteiger partial charge on any atom is -0.348 e. The van der Waals surface area contributed by atoms with Gasteiger partial charge in [0.15, 0.2) is 0 Å². The average molecular weight is 433 g/mol. The number of halogens is 3. The molecular weight excluding hydrogens is 414 g/mol. The number of amides is 1. The van der Waals surface area contributed by atoms with Crippen molar-refractivity contribution in [1.82, 2.24) is 9.62 Å². The van der Waals surface area contributed by atoms with E-state index in [2.05, 4.69) is 5.32 Å². The van der Waals surface area contributed by atoms with E-state index in [1.54, 1.807) is 37.3 Å². The molecule has 2 aromatic carbocycles. The van der Waals surface area contributed by atoms with Crippen LogP contribution in [0.25, 0.3) is 0 Å². The van der Waals surface area contributed by atoms with Crippen molar-refractivity contribution in [3.63, 3.8) is 0 Å². The monoisotopic (exact) mass is 432 g/mol. The summed E-state index contributed by atoms with van der Waals surface area (Å²) in [5.74, 6) is -0.848. The minimum absolute atomic E-state index is 0.0198. The molecule has 0 heterocycles. The quantitative estimate of drug-likeness (QED) is 0.723. The first kappa shape index (κ1) is 21.6. The van der Waals surface area contributed by atoms with Crippen LogP contribution in [0.1, 0.15) is 24.1 Å². The third-order valence-corrected chi connectivity index (χ3v) is 5.81. The number of carbonyl (C=O) groups excluding carboxylic acids is 1. The van der Waals surface area contributed by atoms with Gasteiger partial charge in [-0.2, -0.15) is 4.31 Å². The van der Waals surface area contributed by atoms with Crippen molar-refractivity contribution in [3.8, 4) is 0 Å². The molecule has 0 unspecified atom stereocenters. The van der Waals surface area contributed by atoms with Gasteiger partial charge in [-0.15, -0.1) is 0 Å². The zero-order valence-corrected chi connectivity index (χ0v) is 17.1. The number of hydrogen-bond donors (Lipinski definition) is 1. The highest BCUT2D eigenvalue weighted by Gasteiger charge is 2.22. The lowest BCUT2D eigenvalue weighted by molar-refractivity contribution is -0.122. The van der Waals surface area contributed by atoms with E-state index in [0.29, 0.717) is 21.2 Å². The van der Waals surface area contributed by atoms with Gasteiger partial charge in [0.1, 0.15) is 5.82 Å². The van der Waals surface area contributed by atoms with E-state index in [1.807, 2.05) is 0 Å². The van der Waals surface area contributed by atoms with Gasteiger partial charge in [0.2, 0.25) is 15.9 Å². The van der Waals surface area contributed by atoms with Gasteiger partial charge in [0.05, 0.1) is 28.9 Å². The first-order valence-electron chi connectivity index (χ1n) is 8.00. The molecular formula is C18H19Cl2FN2O3S. The normalized spacial score (nSPS) is 12.8. The van der Waals surface area contributed by atoms with E-state index in [4.69, 9.17) is 23.2 Å². The van der Waals surface area contributed by atoms with Gasteiger partial charge < -0.3 is 5.32 Å². The first-order valence-corrected chi connectivity index (χ1v) is 10.6. The summed E-state index contributed by atoms with van der Waals surface area (Å²) < 4.78 is 38.2. The molecule has 0 radical (unpaired) electrons. The van der Waals surface area contributed by atoms with E-state index in [9.17, 15) is 17.6 Å². The highest BCUT2D eigenvalue weighted by atomic mass is 35.5. The molecule has 2 rings (SSSR count). The second kappa shape index (κ2) is 9.01. The van der Waals surface area contributed by atoms with Crippen molar-refractivity contribution in [2.24, 2.45) is 0 Å². The summed E-state index contributed by atoms with van der Waals surface area (Å²) in [7, 11) is -3.64. The van der Waals surface area contributed by atoms with Crippen molar-refractivity contribution in [2.45, 2.75) is 19.5 Å². The van der Waals surface area contributed by atoms with Crippen LogP contribution >= 0.6 is 23.2 Å². The molecule has 0 aromatic heterocycles. The Morgan fingerprint density at radius 1 is 1.15 bits per heavy atom. The van der Waals surface area contributed by atoms with E-state index in [1.165, 1.54) is 12.1 Å². The lowest BCUT2D eigenvalue weighted by Gasteiger charge is -2.21. The van der Waals surface area contributed by atoms with Crippen molar-refractivity contribution in [3.05, 3.63) is 69.5 Å². The number of benzene rings is 2. The molecule has 0 aliphatic carbocycles. The van der Waals surface area contributed by atoms with Crippen molar-refractivity contribution in [1.29, 1.82) is 0 Å². The summed E-state index contributed by atoms with van der Waals surface area (Å²) in [4.78, 5) is 12.3. The lowest BCUT2D eigenvalue weighted by atomic mass is 10.1. The highest BCUT2D eigenvalue weighted by Crippen LogP contribution is 2.23.